The number of hydrogen-bond acceptors (Lipinski definition) is 7. The van der Waals surface area contributed by atoms with Crippen molar-refractivity contribution >= 4 is 11.9 Å². The number of hydrazone groups is 1. The van der Waals surface area contributed by atoms with Crippen molar-refractivity contribution in [3.05, 3.63) is 57.6 Å². The summed E-state index contributed by atoms with van der Waals surface area (Å²) >= 11 is 0. The Hall–Kier alpha value is -3.73. The molecule has 0 heterocycles. The van der Waals surface area contributed by atoms with Crippen LogP contribution in [0.15, 0.2) is 41.5 Å². The van der Waals surface area contributed by atoms with Crippen molar-refractivity contribution in [3.8, 4) is 29.6 Å². The molecule has 140 valence electrons. The Morgan fingerprint density at radius 1 is 1.19 bits per heavy atom. The zero-order valence-electron chi connectivity index (χ0n) is 15.0. The largest absolute Gasteiger partial charge is 0.493 e. The van der Waals surface area contributed by atoms with E-state index < -0.39 is 4.92 Å². The van der Waals surface area contributed by atoms with E-state index in [2.05, 4.69) is 16.4 Å². The van der Waals surface area contributed by atoms with Crippen molar-refractivity contribution in [1.29, 1.82) is 0 Å². The minimum absolute atomic E-state index is 0.0533. The first kappa shape index (κ1) is 19.6. The first-order valence-electron chi connectivity index (χ1n) is 7.90. The summed E-state index contributed by atoms with van der Waals surface area (Å²) in [5.74, 6) is 4.01. The van der Waals surface area contributed by atoms with Gasteiger partial charge in [0.05, 0.1) is 31.9 Å². The minimum atomic E-state index is -0.487. The van der Waals surface area contributed by atoms with Gasteiger partial charge in [-0.25, -0.2) is 0 Å². The Kier molecular flexibility index (Phi) is 7.02. The fourth-order valence-electron chi connectivity index (χ4n) is 2.24. The molecule has 0 fully saturated rings. The molecule has 0 saturated heterocycles. The molecule has 0 spiro atoms. The van der Waals surface area contributed by atoms with Gasteiger partial charge in [-0.1, -0.05) is 12.0 Å². The minimum Gasteiger partial charge on any atom is -0.493 e. The van der Waals surface area contributed by atoms with Crippen LogP contribution >= 0.6 is 0 Å². The molecule has 27 heavy (non-hydrogen) atoms. The van der Waals surface area contributed by atoms with E-state index in [1.54, 1.807) is 20.3 Å². The van der Waals surface area contributed by atoms with Gasteiger partial charge in [0.1, 0.15) is 12.4 Å². The smallest absolute Gasteiger partial charge is 0.270 e. The molecule has 0 aliphatic carbocycles. The number of nitro groups is 1. The Morgan fingerprint density at radius 2 is 1.93 bits per heavy atom. The SMILES string of the molecule is C#CCOc1ccc([N+](=O)[O-])cc1/C=N\NCc1ccc(OC)c(OC)c1. The van der Waals surface area contributed by atoms with Crippen LogP contribution in [0.4, 0.5) is 5.69 Å². The molecule has 2 aromatic carbocycles. The van der Waals surface area contributed by atoms with Crippen LogP contribution in [0.3, 0.4) is 0 Å². The van der Waals surface area contributed by atoms with Gasteiger partial charge in [0, 0.05) is 17.7 Å². The third kappa shape index (κ3) is 5.37. The van der Waals surface area contributed by atoms with Gasteiger partial charge in [-0.3, -0.25) is 10.1 Å². The number of non-ortho nitro benzene ring substituents is 1. The van der Waals surface area contributed by atoms with Crippen LogP contribution in [0.25, 0.3) is 0 Å². The van der Waals surface area contributed by atoms with E-state index in [4.69, 9.17) is 20.6 Å². The summed E-state index contributed by atoms with van der Waals surface area (Å²) in [4.78, 5) is 10.5. The van der Waals surface area contributed by atoms with Crippen molar-refractivity contribution in [2.45, 2.75) is 6.54 Å². The van der Waals surface area contributed by atoms with Gasteiger partial charge in [-0.15, -0.1) is 6.42 Å². The standard InChI is InChI=1S/C19H19N3O5/c1-4-9-27-17-8-6-16(22(23)24)11-15(17)13-21-20-12-14-5-7-18(25-2)19(10-14)26-3/h1,5-8,10-11,13,20H,9,12H2,2-3H3/b21-13-. The van der Waals surface area contributed by atoms with E-state index in [1.807, 2.05) is 12.1 Å². The number of hydrogen-bond donors (Lipinski definition) is 1. The zero-order valence-corrected chi connectivity index (χ0v) is 15.0. The summed E-state index contributed by atoms with van der Waals surface area (Å²) in [5.41, 5.74) is 4.18. The van der Waals surface area contributed by atoms with Crippen molar-refractivity contribution in [3.63, 3.8) is 0 Å². The number of ether oxygens (including phenoxy) is 3. The van der Waals surface area contributed by atoms with Crippen LogP contribution < -0.4 is 19.6 Å². The van der Waals surface area contributed by atoms with Gasteiger partial charge in [0.25, 0.3) is 5.69 Å². The number of nitrogens with zero attached hydrogens (tertiary/aromatic N) is 2. The second-order valence-electron chi connectivity index (χ2n) is 5.25. The molecule has 0 amide bonds. The van der Waals surface area contributed by atoms with Gasteiger partial charge in [0.2, 0.25) is 0 Å². The van der Waals surface area contributed by atoms with E-state index in [0.717, 1.165) is 5.56 Å². The number of terminal acetylenes is 1. The maximum Gasteiger partial charge on any atom is 0.270 e. The van der Waals surface area contributed by atoms with E-state index in [1.165, 1.54) is 24.4 Å². The van der Waals surface area contributed by atoms with Crippen molar-refractivity contribution < 1.29 is 19.1 Å². The molecule has 0 saturated carbocycles. The number of methoxy groups -OCH3 is 2. The van der Waals surface area contributed by atoms with Gasteiger partial charge in [-0.05, 0) is 23.8 Å². The molecular weight excluding hydrogens is 350 g/mol. The lowest BCUT2D eigenvalue weighted by Crippen LogP contribution is -2.07. The summed E-state index contributed by atoms with van der Waals surface area (Å²) in [6.45, 7) is 0.476. The second kappa shape index (κ2) is 9.68. The van der Waals surface area contributed by atoms with E-state index >= 15 is 0 Å². The highest BCUT2D eigenvalue weighted by Crippen LogP contribution is 2.27. The molecule has 0 aliphatic rings. The predicted octanol–water partition coefficient (Wildman–Crippen LogP) is 2.75. The number of nitro benzene ring substituents is 1. The zero-order chi connectivity index (χ0) is 19.6. The maximum atomic E-state index is 11.0. The Balaban J connectivity index is 2.09. The fourth-order valence-corrected chi connectivity index (χ4v) is 2.24. The molecule has 2 aromatic rings. The molecule has 0 aromatic heterocycles. The number of rotatable bonds is 9. The van der Waals surface area contributed by atoms with Crippen molar-refractivity contribution in [2.24, 2.45) is 5.10 Å². The summed E-state index contributed by atoms with van der Waals surface area (Å²) in [5, 5.41) is 15.1. The van der Waals surface area contributed by atoms with Gasteiger partial charge >= 0.3 is 0 Å². The van der Waals surface area contributed by atoms with Crippen LogP contribution in [0, 0.1) is 22.5 Å². The molecule has 0 bridgehead atoms. The molecule has 0 unspecified atom stereocenters. The topological polar surface area (TPSA) is 95.2 Å². The molecule has 2 rings (SSSR count). The van der Waals surface area contributed by atoms with Crippen LogP contribution in [0.2, 0.25) is 0 Å². The lowest BCUT2D eigenvalue weighted by Gasteiger charge is -2.09. The van der Waals surface area contributed by atoms with Crippen LogP contribution in [0.1, 0.15) is 11.1 Å². The lowest BCUT2D eigenvalue weighted by atomic mass is 10.2. The molecule has 8 nitrogen and oxygen atoms in total. The highest BCUT2D eigenvalue weighted by Gasteiger charge is 2.10. The number of benzene rings is 2. The predicted molar refractivity (Wildman–Crippen MR) is 101 cm³/mol. The third-order valence-corrected chi connectivity index (χ3v) is 3.54. The summed E-state index contributed by atoms with van der Waals surface area (Å²) in [6, 6.07) is 9.71. The third-order valence-electron chi connectivity index (χ3n) is 3.54. The molecular formula is C19H19N3O5. The Bertz CT molecular complexity index is 874. The first-order valence-corrected chi connectivity index (χ1v) is 7.90. The molecule has 0 aliphatic heterocycles. The molecule has 0 radical (unpaired) electrons. The quantitative estimate of drug-likeness (QED) is 0.316. The Morgan fingerprint density at radius 3 is 2.59 bits per heavy atom. The normalized spacial score (nSPS) is 10.3. The van der Waals surface area contributed by atoms with Gasteiger partial charge < -0.3 is 19.6 Å². The molecule has 1 N–H and O–H groups in total. The van der Waals surface area contributed by atoms with Crippen molar-refractivity contribution in [1.82, 2.24) is 5.43 Å². The van der Waals surface area contributed by atoms with Crippen LogP contribution in [-0.2, 0) is 6.54 Å². The van der Waals surface area contributed by atoms with E-state index in [9.17, 15) is 10.1 Å². The summed E-state index contributed by atoms with van der Waals surface area (Å²) < 4.78 is 15.8. The van der Waals surface area contributed by atoms with Gasteiger partial charge in [0.15, 0.2) is 11.5 Å². The monoisotopic (exact) mass is 369 g/mol. The Labute approximate surface area is 156 Å². The lowest BCUT2D eigenvalue weighted by molar-refractivity contribution is -0.384. The second-order valence-corrected chi connectivity index (χ2v) is 5.25. The molecule has 8 heteroatoms. The van der Waals surface area contributed by atoms with Crippen LogP contribution in [-0.4, -0.2) is 32.0 Å². The summed E-state index contributed by atoms with van der Waals surface area (Å²) in [7, 11) is 3.13. The summed E-state index contributed by atoms with van der Waals surface area (Å²) in [6.07, 6.45) is 6.63. The molecule has 0 atom stereocenters. The average Bonchev–Trinajstić information content (AvgIpc) is 2.69. The van der Waals surface area contributed by atoms with Gasteiger partial charge in [-0.2, -0.15) is 5.10 Å². The fraction of sp³-hybridized carbons (Fsp3) is 0.211. The maximum absolute atomic E-state index is 11.0. The average molecular weight is 369 g/mol. The first-order chi connectivity index (χ1) is 13.1. The van der Waals surface area contributed by atoms with E-state index in [-0.39, 0.29) is 12.3 Å². The van der Waals surface area contributed by atoms with Crippen LogP contribution in [0.5, 0.6) is 17.2 Å². The highest BCUT2D eigenvalue weighted by molar-refractivity contribution is 5.84. The number of nitrogens with one attached hydrogen (secondary N) is 1. The van der Waals surface area contributed by atoms with Crippen molar-refractivity contribution in [2.75, 3.05) is 20.8 Å². The highest BCUT2D eigenvalue weighted by atomic mass is 16.6. The van der Waals surface area contributed by atoms with E-state index in [0.29, 0.717) is 29.4 Å².